The summed E-state index contributed by atoms with van der Waals surface area (Å²) < 4.78 is 5.75. The van der Waals surface area contributed by atoms with Crippen LogP contribution < -0.4 is 24.8 Å². The first kappa shape index (κ1) is 27.2. The van der Waals surface area contributed by atoms with Gasteiger partial charge in [0.15, 0.2) is 5.82 Å². The van der Waals surface area contributed by atoms with E-state index in [1.807, 2.05) is 24.1 Å². The van der Waals surface area contributed by atoms with E-state index in [1.54, 1.807) is 18.2 Å². The minimum atomic E-state index is -0.220. The number of hydrogen-bond donors (Lipinski definition) is 1. The van der Waals surface area contributed by atoms with E-state index in [9.17, 15) is 9.59 Å². The van der Waals surface area contributed by atoms with Crippen LogP contribution in [0.25, 0.3) is 0 Å². The van der Waals surface area contributed by atoms with Gasteiger partial charge in [-0.3, -0.25) is 14.5 Å². The van der Waals surface area contributed by atoms with E-state index in [-0.39, 0.29) is 17.9 Å². The zero-order valence-electron chi connectivity index (χ0n) is 23.9. The first-order valence-corrected chi connectivity index (χ1v) is 14.3. The molecule has 1 N–H and O–H groups in total. The Labute approximate surface area is 231 Å². The van der Waals surface area contributed by atoms with Crippen molar-refractivity contribution in [2.24, 2.45) is 0 Å². The van der Waals surface area contributed by atoms with Crippen LogP contribution in [0.2, 0.25) is 0 Å². The molecule has 1 saturated carbocycles. The molecule has 0 spiro atoms. The van der Waals surface area contributed by atoms with Gasteiger partial charge in [-0.15, -0.1) is 0 Å². The summed E-state index contributed by atoms with van der Waals surface area (Å²) in [6.45, 7) is 8.97. The third-order valence-electron chi connectivity index (χ3n) is 8.51. The second-order valence-electron chi connectivity index (χ2n) is 10.6. The lowest BCUT2D eigenvalue weighted by atomic mass is 10.0. The van der Waals surface area contributed by atoms with Crippen LogP contribution in [0, 0.1) is 0 Å². The Kier molecular flexibility index (Phi) is 7.93. The van der Waals surface area contributed by atoms with E-state index in [2.05, 4.69) is 40.9 Å². The Bertz CT molecular complexity index is 1230. The number of carbonyl (C=O) groups excluding carboxylic acids is 2. The highest BCUT2D eigenvalue weighted by atomic mass is 16.5. The molecule has 2 amide bonds. The number of ether oxygens (including phenoxy) is 1. The van der Waals surface area contributed by atoms with E-state index < -0.39 is 0 Å². The van der Waals surface area contributed by atoms with Crippen LogP contribution in [0.5, 0.6) is 5.75 Å². The van der Waals surface area contributed by atoms with Crippen molar-refractivity contribution in [1.82, 2.24) is 14.9 Å². The maximum Gasteiger partial charge on any atom is 0.249 e. The van der Waals surface area contributed by atoms with E-state index in [4.69, 9.17) is 9.72 Å². The van der Waals surface area contributed by atoms with Crippen molar-refractivity contribution < 1.29 is 14.3 Å². The van der Waals surface area contributed by atoms with Crippen LogP contribution in [0.3, 0.4) is 0 Å². The molecule has 1 aromatic heterocycles. The lowest BCUT2D eigenvalue weighted by Crippen LogP contribution is -2.55. The fourth-order valence-electron chi connectivity index (χ4n) is 6.23. The van der Waals surface area contributed by atoms with Gasteiger partial charge >= 0.3 is 0 Å². The second-order valence-corrected chi connectivity index (χ2v) is 10.6. The summed E-state index contributed by atoms with van der Waals surface area (Å²) in [4.78, 5) is 43.7. The lowest BCUT2D eigenvalue weighted by molar-refractivity contribution is -0.120. The van der Waals surface area contributed by atoms with Crippen molar-refractivity contribution in [3.8, 4) is 5.75 Å². The van der Waals surface area contributed by atoms with Gasteiger partial charge < -0.3 is 24.8 Å². The second kappa shape index (κ2) is 11.4. The zero-order valence-corrected chi connectivity index (χ0v) is 23.9. The van der Waals surface area contributed by atoms with Gasteiger partial charge in [-0.25, -0.2) is 4.98 Å². The fraction of sp³-hybridized carbons (Fsp3) is 0.586. The molecule has 0 unspecified atom stereocenters. The summed E-state index contributed by atoms with van der Waals surface area (Å²) in [6, 6.07) is 4.07. The van der Waals surface area contributed by atoms with E-state index in [0.29, 0.717) is 30.8 Å². The normalized spacial score (nSPS) is 19.1. The highest BCUT2D eigenvalue weighted by molar-refractivity contribution is 6.04. The quantitative estimate of drug-likeness (QED) is 0.516. The molecule has 2 aromatic rings. The Morgan fingerprint density at radius 3 is 2.56 bits per heavy atom. The number of nitrogens with zero attached hydrogens (tertiary/aromatic N) is 6. The molecule has 10 heteroatoms. The molecule has 0 bridgehead atoms. The molecule has 210 valence electrons. The smallest absolute Gasteiger partial charge is 0.249 e. The number of amides is 2. The van der Waals surface area contributed by atoms with Gasteiger partial charge in [-0.1, -0.05) is 33.6 Å². The molecule has 3 aliphatic rings. The van der Waals surface area contributed by atoms with Gasteiger partial charge in [-0.05, 0) is 50.4 Å². The highest BCUT2D eigenvalue weighted by Gasteiger charge is 2.41. The number of likely N-dealkylation sites (N-methyl/N-ethyl adjacent to an activating group) is 2. The number of methoxy groups -OCH3 is 1. The topological polar surface area (TPSA) is 94.1 Å². The summed E-state index contributed by atoms with van der Waals surface area (Å²) in [5.74, 6) is 2.10. The molecule has 39 heavy (non-hydrogen) atoms. The number of rotatable bonds is 9. The average molecular weight is 536 g/mol. The van der Waals surface area contributed by atoms with Crippen molar-refractivity contribution in [3.05, 3.63) is 23.9 Å². The fourth-order valence-corrected chi connectivity index (χ4v) is 6.23. The van der Waals surface area contributed by atoms with Crippen LogP contribution in [-0.2, 0) is 16.0 Å². The van der Waals surface area contributed by atoms with Crippen molar-refractivity contribution in [2.75, 3.05) is 60.4 Å². The predicted octanol–water partition coefficient (Wildman–Crippen LogP) is 3.96. The molecule has 3 heterocycles. The number of benzene rings is 1. The highest BCUT2D eigenvalue weighted by Crippen LogP contribution is 2.42. The Morgan fingerprint density at radius 1 is 1.15 bits per heavy atom. The maximum atomic E-state index is 13.2. The summed E-state index contributed by atoms with van der Waals surface area (Å²) in [6.07, 6.45) is 7.74. The largest absolute Gasteiger partial charge is 0.494 e. The van der Waals surface area contributed by atoms with Gasteiger partial charge in [0.25, 0.3) is 0 Å². The summed E-state index contributed by atoms with van der Waals surface area (Å²) in [7, 11) is 3.44. The van der Waals surface area contributed by atoms with Gasteiger partial charge in [0, 0.05) is 25.7 Å². The van der Waals surface area contributed by atoms with Gasteiger partial charge in [-0.2, -0.15) is 4.98 Å². The van der Waals surface area contributed by atoms with Gasteiger partial charge in [0.1, 0.15) is 17.5 Å². The third-order valence-corrected chi connectivity index (χ3v) is 8.51. The van der Waals surface area contributed by atoms with Crippen LogP contribution in [0.4, 0.5) is 28.8 Å². The Balaban J connectivity index is 1.44. The average Bonchev–Trinajstić information content (AvgIpc) is 3.63. The molecule has 0 saturated heterocycles. The minimum Gasteiger partial charge on any atom is -0.494 e. The molecule has 1 fully saturated rings. The predicted molar refractivity (Wildman–Crippen MR) is 154 cm³/mol. The standard InChI is InChI=1S/C29H41N7O3/c1-6-22-28(38)33(4)24-17-30-29(32-27(24)36(22)20-11-9-10-12-20)31-21-15-19-13-14-35(23(19)16-25(21)39-5)26(37)18-34(7-2)8-3/h15-17,20,22H,6-14,18H2,1-5H3,(H,30,31,32)/t22-/m1/s1. The third kappa shape index (κ3) is 5.02. The first-order valence-electron chi connectivity index (χ1n) is 14.3. The monoisotopic (exact) mass is 535 g/mol. The maximum absolute atomic E-state index is 13.2. The lowest BCUT2D eigenvalue weighted by Gasteiger charge is -2.43. The van der Waals surface area contributed by atoms with Crippen molar-refractivity contribution in [1.29, 1.82) is 0 Å². The SMILES string of the molecule is CC[C@@H]1C(=O)N(C)c2cnc(Nc3cc4c(cc3OC)N(C(=O)CN(CC)CC)CC4)nc2N1C1CCCC1. The van der Waals surface area contributed by atoms with E-state index in [1.165, 1.54) is 12.8 Å². The van der Waals surface area contributed by atoms with Crippen LogP contribution in [0.1, 0.15) is 58.4 Å². The molecule has 10 nitrogen and oxygen atoms in total. The molecule has 1 atom stereocenters. The number of hydrogen-bond acceptors (Lipinski definition) is 8. The van der Waals surface area contributed by atoms with Crippen LogP contribution in [0.15, 0.2) is 18.3 Å². The number of nitrogens with one attached hydrogen (secondary N) is 1. The van der Waals surface area contributed by atoms with E-state index in [0.717, 1.165) is 67.2 Å². The minimum absolute atomic E-state index is 0.0987. The van der Waals surface area contributed by atoms with Crippen molar-refractivity contribution >= 4 is 40.6 Å². The first-order chi connectivity index (χ1) is 18.9. The Morgan fingerprint density at radius 2 is 1.90 bits per heavy atom. The Hall–Kier alpha value is -3.40. The van der Waals surface area contributed by atoms with Crippen molar-refractivity contribution in [3.63, 3.8) is 0 Å². The molecular formula is C29H41N7O3. The van der Waals surface area contributed by atoms with Gasteiger partial charge in [0.05, 0.1) is 31.2 Å². The number of aromatic nitrogens is 2. The number of carbonyl (C=O) groups is 2. The molecule has 1 aromatic carbocycles. The molecular weight excluding hydrogens is 494 g/mol. The molecule has 1 aliphatic carbocycles. The summed E-state index contributed by atoms with van der Waals surface area (Å²) in [5, 5.41) is 3.38. The number of anilines is 5. The summed E-state index contributed by atoms with van der Waals surface area (Å²) >= 11 is 0. The van der Waals surface area contributed by atoms with Crippen molar-refractivity contribution in [2.45, 2.75) is 71.4 Å². The molecule has 5 rings (SSSR count). The molecule has 0 radical (unpaired) electrons. The summed E-state index contributed by atoms with van der Waals surface area (Å²) in [5.41, 5.74) is 3.49. The van der Waals surface area contributed by atoms with Crippen LogP contribution in [-0.4, -0.2) is 79.1 Å². The van der Waals surface area contributed by atoms with Gasteiger partial charge in [0.2, 0.25) is 17.8 Å². The van der Waals surface area contributed by atoms with E-state index >= 15 is 0 Å². The van der Waals surface area contributed by atoms with Crippen LogP contribution >= 0.6 is 0 Å². The number of fused-ring (bicyclic) bond motifs is 2. The zero-order chi connectivity index (χ0) is 27.7. The molecule has 2 aliphatic heterocycles.